The Kier molecular flexibility index (Phi) is 3.05. The molecule has 2 bridgehead atoms. The van der Waals surface area contributed by atoms with Crippen LogP contribution in [-0.4, -0.2) is 28.2 Å². The van der Waals surface area contributed by atoms with Gasteiger partial charge in [0, 0.05) is 5.56 Å². The number of ether oxygens (including phenoxy) is 1. The van der Waals surface area contributed by atoms with Crippen LogP contribution in [0.2, 0.25) is 0 Å². The Labute approximate surface area is 106 Å². The number of nitrogens with zero attached hydrogens (tertiary/aromatic N) is 2. The second kappa shape index (κ2) is 4.70. The maximum Gasteiger partial charge on any atom is 0.148 e. The predicted molar refractivity (Wildman–Crippen MR) is 69.1 cm³/mol. The number of fused-ring (bicyclic) bond motifs is 2. The van der Waals surface area contributed by atoms with E-state index < -0.39 is 0 Å². The van der Waals surface area contributed by atoms with Crippen LogP contribution in [-0.2, 0) is 11.2 Å². The highest BCUT2D eigenvalue weighted by atomic mass is 16.5. The van der Waals surface area contributed by atoms with Crippen LogP contribution >= 0.6 is 0 Å². The highest BCUT2D eigenvalue weighted by molar-refractivity contribution is 5.57. The average molecular weight is 249 g/mol. The molecule has 2 aliphatic heterocycles. The maximum absolute atomic E-state index is 5.84. The molecule has 0 spiro atoms. The molecule has 98 valence electrons. The molecule has 3 heterocycles. The molecule has 0 saturated carbocycles. The first-order chi connectivity index (χ1) is 8.81. The van der Waals surface area contributed by atoms with Gasteiger partial charge in [0.1, 0.15) is 18.0 Å². The smallest absolute Gasteiger partial charge is 0.148 e. The minimum Gasteiger partial charge on any atom is -0.373 e. The largest absolute Gasteiger partial charge is 0.373 e. The molecule has 2 saturated heterocycles. The van der Waals surface area contributed by atoms with Crippen LogP contribution in [0, 0.1) is 0 Å². The van der Waals surface area contributed by atoms with Crippen molar-refractivity contribution in [2.45, 2.75) is 50.9 Å². The van der Waals surface area contributed by atoms with E-state index in [9.17, 15) is 0 Å². The monoisotopic (exact) mass is 249 g/mol. The quantitative estimate of drug-likeness (QED) is 0.546. The van der Waals surface area contributed by atoms with Gasteiger partial charge in [0.25, 0.3) is 0 Å². The third-order valence-corrected chi connectivity index (χ3v) is 3.86. The number of hydrogen-bond donors (Lipinski definition) is 3. The van der Waals surface area contributed by atoms with E-state index >= 15 is 0 Å². The third-order valence-electron chi connectivity index (χ3n) is 3.86. The van der Waals surface area contributed by atoms with Gasteiger partial charge in [-0.15, -0.1) is 0 Å². The van der Waals surface area contributed by atoms with Crippen LogP contribution in [0.5, 0.6) is 0 Å². The zero-order chi connectivity index (χ0) is 12.5. The zero-order valence-electron chi connectivity index (χ0n) is 10.5. The Morgan fingerprint density at radius 3 is 2.83 bits per heavy atom. The van der Waals surface area contributed by atoms with E-state index in [0.29, 0.717) is 24.1 Å². The van der Waals surface area contributed by atoms with Gasteiger partial charge in [-0.3, -0.25) is 0 Å². The van der Waals surface area contributed by atoms with Crippen LogP contribution in [0.4, 0.5) is 11.6 Å². The van der Waals surface area contributed by atoms with E-state index in [1.54, 1.807) is 0 Å². The van der Waals surface area contributed by atoms with Gasteiger partial charge < -0.3 is 15.5 Å². The van der Waals surface area contributed by atoms with Gasteiger partial charge >= 0.3 is 0 Å². The third kappa shape index (κ3) is 1.91. The van der Waals surface area contributed by atoms with Crippen LogP contribution in [0.1, 0.15) is 31.7 Å². The summed E-state index contributed by atoms with van der Waals surface area (Å²) in [6.45, 7) is 2.07. The lowest BCUT2D eigenvalue weighted by molar-refractivity contribution is 0.102. The minimum atomic E-state index is 0.337. The first kappa shape index (κ1) is 11.7. The molecule has 0 amide bonds. The lowest BCUT2D eigenvalue weighted by atomic mass is 9.95. The molecule has 3 unspecified atom stereocenters. The van der Waals surface area contributed by atoms with E-state index in [-0.39, 0.29) is 0 Å². The van der Waals surface area contributed by atoms with Crippen LogP contribution in [0.15, 0.2) is 6.33 Å². The zero-order valence-corrected chi connectivity index (χ0v) is 10.5. The van der Waals surface area contributed by atoms with E-state index in [4.69, 9.17) is 10.6 Å². The highest BCUT2D eigenvalue weighted by Crippen LogP contribution is 2.36. The van der Waals surface area contributed by atoms with Gasteiger partial charge in [0.2, 0.25) is 0 Å². The van der Waals surface area contributed by atoms with Gasteiger partial charge in [0.15, 0.2) is 0 Å². The molecular weight excluding hydrogens is 230 g/mol. The van der Waals surface area contributed by atoms with Crippen molar-refractivity contribution in [3.05, 3.63) is 11.9 Å². The molecule has 0 aromatic carbocycles. The lowest BCUT2D eigenvalue weighted by Crippen LogP contribution is -2.31. The molecule has 1 aromatic heterocycles. The van der Waals surface area contributed by atoms with Crippen molar-refractivity contribution >= 4 is 11.6 Å². The molecule has 3 atom stereocenters. The molecule has 0 aliphatic carbocycles. The number of hydrogen-bond acceptors (Lipinski definition) is 6. The normalized spacial score (nSPS) is 29.6. The number of nitrogens with one attached hydrogen (secondary N) is 2. The summed E-state index contributed by atoms with van der Waals surface area (Å²) < 4.78 is 5.84. The lowest BCUT2D eigenvalue weighted by Gasteiger charge is -2.22. The van der Waals surface area contributed by atoms with Gasteiger partial charge in [-0.05, 0) is 25.7 Å². The number of hydrazine groups is 1. The number of anilines is 2. The van der Waals surface area contributed by atoms with Crippen molar-refractivity contribution in [1.29, 1.82) is 0 Å². The fraction of sp³-hybridized carbons (Fsp3) is 0.667. The fourth-order valence-electron chi connectivity index (χ4n) is 2.96. The summed E-state index contributed by atoms with van der Waals surface area (Å²) in [7, 11) is 0. The summed E-state index contributed by atoms with van der Waals surface area (Å²) in [4.78, 5) is 8.46. The van der Waals surface area contributed by atoms with Crippen molar-refractivity contribution in [3.8, 4) is 0 Å². The Bertz CT molecular complexity index is 438. The second-order valence-corrected chi connectivity index (χ2v) is 4.91. The van der Waals surface area contributed by atoms with E-state index in [2.05, 4.69) is 27.6 Å². The molecule has 18 heavy (non-hydrogen) atoms. The van der Waals surface area contributed by atoms with Crippen molar-refractivity contribution in [1.82, 2.24) is 9.97 Å². The first-order valence-corrected chi connectivity index (χ1v) is 6.54. The molecule has 2 fully saturated rings. The molecule has 0 radical (unpaired) electrons. The first-order valence-electron chi connectivity index (χ1n) is 6.54. The van der Waals surface area contributed by atoms with Gasteiger partial charge in [-0.1, -0.05) is 6.92 Å². The highest BCUT2D eigenvalue weighted by Gasteiger charge is 2.41. The number of rotatable bonds is 4. The van der Waals surface area contributed by atoms with E-state index in [1.807, 2.05) is 0 Å². The summed E-state index contributed by atoms with van der Waals surface area (Å²) in [5.41, 5.74) is 3.65. The molecule has 6 nitrogen and oxygen atoms in total. The summed E-state index contributed by atoms with van der Waals surface area (Å²) in [5, 5.41) is 3.49. The van der Waals surface area contributed by atoms with Crippen molar-refractivity contribution < 1.29 is 4.74 Å². The number of aromatic nitrogens is 2. The van der Waals surface area contributed by atoms with E-state index in [1.165, 1.54) is 12.7 Å². The summed E-state index contributed by atoms with van der Waals surface area (Å²) in [6, 6.07) is 0.370. The topological polar surface area (TPSA) is 85.1 Å². The van der Waals surface area contributed by atoms with Crippen molar-refractivity contribution in [2.75, 3.05) is 10.7 Å². The van der Waals surface area contributed by atoms with Gasteiger partial charge in [0.05, 0.1) is 18.2 Å². The molecule has 1 aromatic rings. The molecule has 2 aliphatic rings. The fourth-order valence-corrected chi connectivity index (χ4v) is 2.96. The van der Waals surface area contributed by atoms with E-state index in [0.717, 1.165) is 30.6 Å². The second-order valence-electron chi connectivity index (χ2n) is 4.91. The number of nitrogen functional groups attached to an aromatic ring is 1. The van der Waals surface area contributed by atoms with Crippen molar-refractivity contribution in [2.24, 2.45) is 5.84 Å². The van der Waals surface area contributed by atoms with Gasteiger partial charge in [-0.2, -0.15) is 0 Å². The predicted octanol–water partition coefficient (Wildman–Crippen LogP) is 1.06. The SMILES string of the molecule is CCc1c(NN)ncnc1NC1CC2CCC1O2. The summed E-state index contributed by atoms with van der Waals surface area (Å²) in [5.74, 6) is 7.04. The van der Waals surface area contributed by atoms with Gasteiger partial charge in [-0.25, -0.2) is 15.8 Å². The standard InChI is InChI=1S/C12H19N5O/c1-2-8-11(14-6-15-12(8)17-13)16-9-5-7-3-4-10(9)18-7/h6-7,9-10H,2-5,13H2,1H3,(H2,14,15,16,17). The Morgan fingerprint density at radius 2 is 2.22 bits per heavy atom. The number of nitrogens with two attached hydrogens (primary N) is 1. The van der Waals surface area contributed by atoms with Crippen LogP contribution in [0.3, 0.4) is 0 Å². The van der Waals surface area contributed by atoms with Crippen LogP contribution in [0.25, 0.3) is 0 Å². The summed E-state index contributed by atoms with van der Waals surface area (Å²) >= 11 is 0. The minimum absolute atomic E-state index is 0.337. The van der Waals surface area contributed by atoms with Crippen LogP contribution < -0.4 is 16.6 Å². The Morgan fingerprint density at radius 1 is 1.39 bits per heavy atom. The average Bonchev–Trinajstić information content (AvgIpc) is 3.00. The molecule has 6 heteroatoms. The maximum atomic E-state index is 5.84. The molecular formula is C12H19N5O. The molecule has 3 rings (SSSR count). The summed E-state index contributed by atoms with van der Waals surface area (Å²) in [6.07, 6.45) is 6.56. The Balaban J connectivity index is 1.80. The Hall–Kier alpha value is -1.40. The molecule has 4 N–H and O–H groups in total. The van der Waals surface area contributed by atoms with Crippen molar-refractivity contribution in [3.63, 3.8) is 0 Å².